The predicted molar refractivity (Wildman–Crippen MR) is 55.3 cm³/mol. The van der Waals surface area contributed by atoms with Crippen LogP contribution in [0.3, 0.4) is 0 Å². The molecule has 0 spiro atoms. The molecule has 0 amide bonds. The van der Waals surface area contributed by atoms with E-state index in [0.29, 0.717) is 24.2 Å². The van der Waals surface area contributed by atoms with Gasteiger partial charge in [0, 0.05) is 0 Å². The first kappa shape index (κ1) is 11.0. The average molecular weight is 228 g/mol. The lowest BCUT2D eigenvalue weighted by atomic mass is 9.90. The van der Waals surface area contributed by atoms with Gasteiger partial charge in [-0.1, -0.05) is 12.1 Å². The molecule has 0 unspecified atom stereocenters. The maximum absolute atomic E-state index is 12.7. The quantitative estimate of drug-likeness (QED) is 0.713. The van der Waals surface area contributed by atoms with Crippen LogP contribution in [-0.2, 0) is 6.42 Å². The van der Waals surface area contributed by atoms with Gasteiger partial charge in [0.05, 0.1) is 12.7 Å². The summed E-state index contributed by atoms with van der Waals surface area (Å²) in [4.78, 5) is 0. The Balaban J connectivity index is 2.47. The summed E-state index contributed by atoms with van der Waals surface area (Å²) in [6.07, 6.45) is -1.96. The maximum atomic E-state index is 12.7. The van der Waals surface area contributed by atoms with Crippen molar-refractivity contribution in [3.8, 4) is 5.75 Å². The summed E-state index contributed by atoms with van der Waals surface area (Å²) in [6, 6.07) is 4.71. The van der Waals surface area contributed by atoms with Crippen LogP contribution in [0.4, 0.5) is 13.2 Å². The van der Waals surface area contributed by atoms with Crippen LogP contribution >= 0.6 is 0 Å². The number of hydrogen-bond donors (Lipinski definition) is 0. The molecule has 1 aromatic carbocycles. The number of methoxy groups -OCH3 is 1. The Morgan fingerprint density at radius 1 is 1.25 bits per heavy atom. The molecule has 16 heavy (non-hydrogen) atoms. The number of allylic oxidation sites excluding steroid dienone is 2. The zero-order valence-electron chi connectivity index (χ0n) is 8.77. The second-order valence-electron chi connectivity index (χ2n) is 3.68. The fraction of sp³-hybridized carbons (Fsp3) is 0.333. The molecule has 0 saturated heterocycles. The first-order valence-corrected chi connectivity index (χ1v) is 4.97. The van der Waals surface area contributed by atoms with Gasteiger partial charge in [-0.2, -0.15) is 13.2 Å². The van der Waals surface area contributed by atoms with Crippen molar-refractivity contribution in [2.24, 2.45) is 0 Å². The zero-order chi connectivity index (χ0) is 11.8. The monoisotopic (exact) mass is 228 g/mol. The van der Waals surface area contributed by atoms with Crippen LogP contribution in [0.1, 0.15) is 17.5 Å². The number of aryl methyl sites for hydroxylation is 1. The molecule has 1 aliphatic carbocycles. The number of rotatable bonds is 1. The van der Waals surface area contributed by atoms with Crippen LogP contribution in [0.2, 0.25) is 0 Å². The predicted octanol–water partition coefficient (Wildman–Crippen LogP) is 3.59. The molecule has 2 rings (SSSR count). The third-order valence-corrected chi connectivity index (χ3v) is 2.67. The fourth-order valence-corrected chi connectivity index (χ4v) is 1.92. The highest BCUT2D eigenvalue weighted by Gasteiger charge is 2.36. The van der Waals surface area contributed by atoms with Crippen molar-refractivity contribution in [2.45, 2.75) is 19.0 Å². The lowest BCUT2D eigenvalue weighted by molar-refractivity contribution is -0.0692. The Morgan fingerprint density at radius 3 is 2.62 bits per heavy atom. The first-order chi connectivity index (χ1) is 7.52. The van der Waals surface area contributed by atoms with Crippen molar-refractivity contribution in [1.82, 2.24) is 0 Å². The van der Waals surface area contributed by atoms with Crippen molar-refractivity contribution in [2.75, 3.05) is 7.11 Å². The van der Waals surface area contributed by atoms with E-state index in [9.17, 15) is 13.2 Å². The molecule has 0 aromatic heterocycles. The zero-order valence-corrected chi connectivity index (χ0v) is 8.77. The van der Waals surface area contributed by atoms with Crippen LogP contribution in [0.5, 0.6) is 5.75 Å². The molecule has 0 saturated carbocycles. The molecule has 0 bridgehead atoms. The molecule has 86 valence electrons. The second-order valence-corrected chi connectivity index (χ2v) is 3.68. The van der Waals surface area contributed by atoms with Crippen LogP contribution in [-0.4, -0.2) is 13.3 Å². The van der Waals surface area contributed by atoms with E-state index < -0.39 is 11.7 Å². The third-order valence-electron chi connectivity index (χ3n) is 2.67. The Labute approximate surface area is 91.5 Å². The van der Waals surface area contributed by atoms with E-state index in [0.717, 1.165) is 0 Å². The highest BCUT2D eigenvalue weighted by molar-refractivity contribution is 5.74. The van der Waals surface area contributed by atoms with Crippen LogP contribution in [0, 0.1) is 0 Å². The van der Waals surface area contributed by atoms with Crippen molar-refractivity contribution >= 4 is 5.57 Å². The third kappa shape index (κ3) is 1.92. The average Bonchev–Trinajstić information content (AvgIpc) is 2.26. The van der Waals surface area contributed by atoms with E-state index in [-0.39, 0.29) is 5.56 Å². The van der Waals surface area contributed by atoms with Gasteiger partial charge in [-0.3, -0.25) is 0 Å². The largest absolute Gasteiger partial charge is 0.497 e. The van der Waals surface area contributed by atoms with Gasteiger partial charge in [0.15, 0.2) is 0 Å². The molecule has 0 aliphatic heterocycles. The highest BCUT2D eigenvalue weighted by Crippen LogP contribution is 2.39. The maximum Gasteiger partial charge on any atom is 0.416 e. The summed E-state index contributed by atoms with van der Waals surface area (Å²) in [5, 5.41) is 0. The number of fused-ring (bicyclic) bond motifs is 1. The summed E-state index contributed by atoms with van der Waals surface area (Å²) >= 11 is 0. The van der Waals surface area contributed by atoms with Gasteiger partial charge in [-0.05, 0) is 36.1 Å². The number of hydrogen-bond acceptors (Lipinski definition) is 1. The summed E-state index contributed by atoms with van der Waals surface area (Å²) in [6.45, 7) is 0. The number of ether oxygens (including phenoxy) is 1. The molecule has 0 atom stereocenters. The van der Waals surface area contributed by atoms with Crippen LogP contribution in [0.25, 0.3) is 5.57 Å². The van der Waals surface area contributed by atoms with Gasteiger partial charge in [-0.15, -0.1) is 0 Å². The minimum absolute atomic E-state index is 0.277. The van der Waals surface area contributed by atoms with Crippen molar-refractivity contribution in [1.29, 1.82) is 0 Å². The normalized spacial score (nSPS) is 15.4. The molecule has 4 heteroatoms. The molecule has 1 nitrogen and oxygen atoms in total. The van der Waals surface area contributed by atoms with E-state index in [1.165, 1.54) is 19.3 Å². The smallest absolute Gasteiger partial charge is 0.416 e. The summed E-state index contributed by atoms with van der Waals surface area (Å²) in [5.74, 6) is 0.599. The van der Waals surface area contributed by atoms with Crippen molar-refractivity contribution in [3.05, 3.63) is 35.4 Å². The van der Waals surface area contributed by atoms with E-state index in [2.05, 4.69) is 0 Å². The molecule has 0 radical (unpaired) electrons. The molecule has 1 aromatic rings. The Hall–Kier alpha value is -1.45. The van der Waals surface area contributed by atoms with E-state index in [1.807, 2.05) is 0 Å². The summed E-state index contributed by atoms with van der Waals surface area (Å²) < 4.78 is 43.1. The molecule has 0 fully saturated rings. The molecule has 0 heterocycles. The lowest BCUT2D eigenvalue weighted by Gasteiger charge is -2.20. The lowest BCUT2D eigenvalue weighted by Crippen LogP contribution is -2.15. The van der Waals surface area contributed by atoms with Gasteiger partial charge in [0.1, 0.15) is 5.75 Å². The van der Waals surface area contributed by atoms with Crippen molar-refractivity contribution < 1.29 is 17.9 Å². The van der Waals surface area contributed by atoms with E-state index in [4.69, 9.17) is 4.74 Å². The first-order valence-electron chi connectivity index (χ1n) is 4.97. The van der Waals surface area contributed by atoms with Gasteiger partial charge in [0.2, 0.25) is 0 Å². The van der Waals surface area contributed by atoms with Gasteiger partial charge in [0.25, 0.3) is 0 Å². The van der Waals surface area contributed by atoms with E-state index >= 15 is 0 Å². The number of halogens is 3. The highest BCUT2D eigenvalue weighted by atomic mass is 19.4. The molecule has 0 N–H and O–H groups in total. The molecular weight excluding hydrogens is 217 g/mol. The second kappa shape index (κ2) is 3.85. The van der Waals surface area contributed by atoms with Gasteiger partial charge < -0.3 is 4.74 Å². The number of alkyl halides is 3. The number of benzene rings is 1. The van der Waals surface area contributed by atoms with Gasteiger partial charge >= 0.3 is 6.18 Å². The topological polar surface area (TPSA) is 9.23 Å². The fourth-order valence-electron chi connectivity index (χ4n) is 1.92. The Bertz CT molecular complexity index is 432. The van der Waals surface area contributed by atoms with Crippen molar-refractivity contribution in [3.63, 3.8) is 0 Å². The SMILES string of the molecule is COc1ccc2c(c1)CCC=C2C(F)(F)F. The summed E-state index contributed by atoms with van der Waals surface area (Å²) in [7, 11) is 1.51. The molecule has 1 aliphatic rings. The Kier molecular flexibility index (Phi) is 2.66. The van der Waals surface area contributed by atoms with Crippen LogP contribution < -0.4 is 4.74 Å². The minimum atomic E-state index is -4.27. The van der Waals surface area contributed by atoms with Gasteiger partial charge in [-0.25, -0.2) is 0 Å². The van der Waals surface area contributed by atoms with Crippen LogP contribution in [0.15, 0.2) is 24.3 Å². The standard InChI is InChI=1S/C12H11F3O/c1-16-9-5-6-10-8(7-9)3-2-4-11(10)12(13,14)15/h4-7H,2-3H2,1H3. The Morgan fingerprint density at radius 2 is 2.00 bits per heavy atom. The minimum Gasteiger partial charge on any atom is -0.497 e. The summed E-state index contributed by atoms with van der Waals surface area (Å²) in [5.41, 5.74) is 0.449. The molecular formula is C12H11F3O. The van der Waals surface area contributed by atoms with E-state index in [1.54, 1.807) is 12.1 Å².